The minimum atomic E-state index is -0.204. The summed E-state index contributed by atoms with van der Waals surface area (Å²) in [6, 6.07) is 17.2. The molecule has 1 aliphatic rings. The Balaban J connectivity index is 1.31. The van der Waals surface area contributed by atoms with Gasteiger partial charge in [0.25, 0.3) is 11.8 Å². The third-order valence-electron chi connectivity index (χ3n) is 5.21. The van der Waals surface area contributed by atoms with Crippen molar-refractivity contribution >= 4 is 40.1 Å². The molecule has 0 spiro atoms. The fourth-order valence-corrected chi connectivity index (χ4v) is 4.67. The molecule has 3 heterocycles. The van der Waals surface area contributed by atoms with Crippen LogP contribution in [0.5, 0.6) is 0 Å². The quantitative estimate of drug-likeness (QED) is 0.287. The van der Waals surface area contributed by atoms with Gasteiger partial charge in [-0.1, -0.05) is 42.1 Å². The predicted octanol–water partition coefficient (Wildman–Crippen LogP) is 3.97. The first kappa shape index (κ1) is 17.9. The number of aryl methyl sites for hydroxylation is 1. The van der Waals surface area contributed by atoms with Gasteiger partial charge in [-0.15, -0.1) is 10.2 Å². The van der Waals surface area contributed by atoms with Gasteiger partial charge in [0.05, 0.1) is 16.6 Å². The Bertz CT molecular complexity index is 1250. The van der Waals surface area contributed by atoms with E-state index in [-0.39, 0.29) is 11.8 Å². The van der Waals surface area contributed by atoms with Gasteiger partial charge in [0.2, 0.25) is 0 Å². The molecule has 2 aromatic carbocycles. The summed E-state index contributed by atoms with van der Waals surface area (Å²) in [7, 11) is 0. The van der Waals surface area contributed by atoms with E-state index in [1.165, 1.54) is 15.8 Å². The Kier molecular flexibility index (Phi) is 4.32. The smallest absolute Gasteiger partial charge is 0.261 e. The van der Waals surface area contributed by atoms with Crippen LogP contribution in [0.2, 0.25) is 0 Å². The number of carbonyl (C=O) groups is 2. The monoisotopic (exact) mass is 402 g/mol. The summed E-state index contributed by atoms with van der Waals surface area (Å²) in [6.45, 7) is 2.47. The molecule has 2 amide bonds. The Labute approximate surface area is 171 Å². The number of hydrogen-bond donors (Lipinski definition) is 0. The zero-order valence-electron chi connectivity index (χ0n) is 15.8. The van der Waals surface area contributed by atoms with Gasteiger partial charge in [-0.25, -0.2) is 0 Å². The SMILES string of the molecule is Cc1cc2nnc(SCCCN3C(=O)c4ccccc4C3=O)n2c2ccccc12. The van der Waals surface area contributed by atoms with Crippen LogP contribution >= 0.6 is 11.8 Å². The molecule has 0 fully saturated rings. The molecule has 0 aliphatic carbocycles. The van der Waals surface area contributed by atoms with Crippen LogP contribution in [0.3, 0.4) is 0 Å². The molecule has 0 saturated heterocycles. The van der Waals surface area contributed by atoms with Crippen LogP contribution in [0, 0.1) is 6.92 Å². The number of hydrogen-bond acceptors (Lipinski definition) is 5. The topological polar surface area (TPSA) is 67.6 Å². The van der Waals surface area contributed by atoms with E-state index in [4.69, 9.17) is 0 Å². The van der Waals surface area contributed by atoms with Crippen molar-refractivity contribution in [3.63, 3.8) is 0 Å². The number of fused-ring (bicyclic) bond motifs is 4. The summed E-state index contributed by atoms with van der Waals surface area (Å²) in [6.07, 6.45) is 0.689. The van der Waals surface area contributed by atoms with E-state index in [2.05, 4.69) is 33.7 Å². The van der Waals surface area contributed by atoms with E-state index in [1.807, 2.05) is 18.2 Å². The number of rotatable bonds is 5. The fraction of sp³-hybridized carbons (Fsp3) is 0.182. The van der Waals surface area contributed by atoms with Crippen molar-refractivity contribution < 1.29 is 9.59 Å². The highest BCUT2D eigenvalue weighted by atomic mass is 32.2. The van der Waals surface area contributed by atoms with E-state index in [9.17, 15) is 9.59 Å². The number of carbonyl (C=O) groups excluding carboxylic acids is 2. The van der Waals surface area contributed by atoms with Crippen LogP contribution in [0.25, 0.3) is 16.6 Å². The highest BCUT2D eigenvalue weighted by molar-refractivity contribution is 7.99. The second-order valence-corrected chi connectivity index (χ2v) is 8.09. The fourth-order valence-electron chi connectivity index (χ4n) is 3.80. The zero-order chi connectivity index (χ0) is 20.0. The Morgan fingerprint density at radius 1 is 0.931 bits per heavy atom. The van der Waals surface area contributed by atoms with Crippen LogP contribution in [0.15, 0.2) is 59.8 Å². The third kappa shape index (κ3) is 2.89. The second kappa shape index (κ2) is 7.00. The third-order valence-corrected chi connectivity index (χ3v) is 6.22. The Morgan fingerprint density at radius 3 is 2.38 bits per heavy atom. The van der Waals surface area contributed by atoms with Gasteiger partial charge in [0.15, 0.2) is 10.8 Å². The molecule has 0 unspecified atom stereocenters. The highest BCUT2D eigenvalue weighted by Crippen LogP contribution is 2.27. The van der Waals surface area contributed by atoms with Crippen LogP contribution in [0.4, 0.5) is 0 Å². The normalized spacial score (nSPS) is 13.6. The Morgan fingerprint density at radius 2 is 1.62 bits per heavy atom. The molecule has 2 aromatic heterocycles. The average molecular weight is 402 g/mol. The molecule has 0 saturated carbocycles. The molecule has 6 nitrogen and oxygen atoms in total. The molecule has 29 heavy (non-hydrogen) atoms. The number of para-hydroxylation sites is 1. The van der Waals surface area contributed by atoms with Gasteiger partial charge in [0.1, 0.15) is 0 Å². The molecule has 4 aromatic rings. The van der Waals surface area contributed by atoms with Gasteiger partial charge >= 0.3 is 0 Å². The van der Waals surface area contributed by atoms with E-state index in [0.29, 0.717) is 24.1 Å². The maximum Gasteiger partial charge on any atom is 0.261 e. The first-order valence-electron chi connectivity index (χ1n) is 9.46. The molecular formula is C22H18N4O2S. The van der Waals surface area contributed by atoms with Gasteiger partial charge in [-0.05, 0) is 43.2 Å². The molecule has 0 N–H and O–H groups in total. The lowest BCUT2D eigenvalue weighted by molar-refractivity contribution is 0.0655. The van der Waals surface area contributed by atoms with E-state index in [0.717, 1.165) is 22.1 Å². The molecule has 5 rings (SSSR count). The number of aromatic nitrogens is 3. The van der Waals surface area contributed by atoms with Gasteiger partial charge in [-0.3, -0.25) is 18.9 Å². The predicted molar refractivity (Wildman–Crippen MR) is 112 cm³/mol. The largest absolute Gasteiger partial charge is 0.274 e. The summed E-state index contributed by atoms with van der Waals surface area (Å²) < 4.78 is 2.06. The zero-order valence-corrected chi connectivity index (χ0v) is 16.6. The number of thioether (sulfide) groups is 1. The lowest BCUT2D eigenvalue weighted by Gasteiger charge is -2.13. The highest BCUT2D eigenvalue weighted by Gasteiger charge is 2.34. The summed E-state index contributed by atoms with van der Waals surface area (Å²) in [5, 5.41) is 10.6. The van der Waals surface area contributed by atoms with Crippen LogP contribution in [-0.4, -0.2) is 43.6 Å². The van der Waals surface area contributed by atoms with E-state index < -0.39 is 0 Å². The van der Waals surface area contributed by atoms with Crippen molar-refractivity contribution in [1.29, 1.82) is 0 Å². The number of benzene rings is 2. The molecule has 0 radical (unpaired) electrons. The second-order valence-electron chi connectivity index (χ2n) is 7.03. The summed E-state index contributed by atoms with van der Waals surface area (Å²) >= 11 is 1.59. The number of imide groups is 1. The van der Waals surface area contributed by atoms with E-state index >= 15 is 0 Å². The summed E-state index contributed by atoms with van der Waals surface area (Å²) in [5.74, 6) is 0.325. The maximum atomic E-state index is 12.5. The van der Waals surface area contributed by atoms with Crippen molar-refractivity contribution in [3.05, 3.63) is 71.3 Å². The molecule has 144 valence electrons. The number of nitrogens with zero attached hydrogens (tertiary/aromatic N) is 4. The van der Waals surface area contributed by atoms with Crippen molar-refractivity contribution in [3.8, 4) is 0 Å². The van der Waals surface area contributed by atoms with Crippen molar-refractivity contribution in [2.45, 2.75) is 18.5 Å². The maximum absolute atomic E-state index is 12.5. The first-order chi connectivity index (χ1) is 14.1. The summed E-state index contributed by atoms with van der Waals surface area (Å²) in [4.78, 5) is 26.2. The Hall–Kier alpha value is -3.19. The molecule has 1 aliphatic heterocycles. The van der Waals surface area contributed by atoms with Crippen LogP contribution in [0.1, 0.15) is 32.7 Å². The minimum Gasteiger partial charge on any atom is -0.274 e. The van der Waals surface area contributed by atoms with E-state index in [1.54, 1.807) is 36.0 Å². The number of pyridine rings is 1. The van der Waals surface area contributed by atoms with Crippen molar-refractivity contribution in [1.82, 2.24) is 19.5 Å². The van der Waals surface area contributed by atoms with Crippen LogP contribution in [-0.2, 0) is 0 Å². The van der Waals surface area contributed by atoms with Gasteiger partial charge < -0.3 is 0 Å². The molecular weight excluding hydrogens is 384 g/mol. The van der Waals surface area contributed by atoms with Gasteiger partial charge in [-0.2, -0.15) is 0 Å². The number of amides is 2. The van der Waals surface area contributed by atoms with Crippen molar-refractivity contribution in [2.75, 3.05) is 12.3 Å². The minimum absolute atomic E-state index is 0.204. The lowest BCUT2D eigenvalue weighted by atomic mass is 10.1. The molecule has 0 atom stereocenters. The summed E-state index contributed by atoms with van der Waals surface area (Å²) in [5.41, 5.74) is 4.06. The van der Waals surface area contributed by atoms with Gasteiger partial charge in [0, 0.05) is 17.7 Å². The average Bonchev–Trinajstić information content (AvgIpc) is 3.25. The van der Waals surface area contributed by atoms with Crippen LogP contribution < -0.4 is 0 Å². The first-order valence-corrected chi connectivity index (χ1v) is 10.5. The molecule has 7 heteroatoms. The standard InChI is InChI=1S/C22H18N4O2S/c1-14-13-19-23-24-22(26(19)18-10-5-4-7-15(14)18)29-12-6-11-25-20(27)16-8-2-3-9-17(16)21(25)28/h2-5,7-10,13H,6,11-12H2,1H3. The van der Waals surface area contributed by atoms with Crippen molar-refractivity contribution in [2.24, 2.45) is 0 Å². The molecule has 0 bridgehead atoms. The lowest BCUT2D eigenvalue weighted by Crippen LogP contribution is -2.31.